The average molecular weight is 612 g/mol. The summed E-state index contributed by atoms with van der Waals surface area (Å²) >= 11 is 0. The van der Waals surface area contributed by atoms with Crippen LogP contribution in [0.1, 0.15) is 35.7 Å². The zero-order valence-electron chi connectivity index (χ0n) is 25.9. The summed E-state index contributed by atoms with van der Waals surface area (Å²) in [5.74, 6) is 0.365. The number of hydrogen-bond acceptors (Lipinski definition) is 8. The van der Waals surface area contributed by atoms with Crippen molar-refractivity contribution >= 4 is 23.4 Å². The third-order valence-electron chi connectivity index (χ3n) is 8.41. The molecule has 0 bridgehead atoms. The highest BCUT2D eigenvalue weighted by Crippen LogP contribution is 2.33. The molecule has 234 valence electrons. The lowest BCUT2D eigenvalue weighted by Gasteiger charge is -2.28. The summed E-state index contributed by atoms with van der Waals surface area (Å²) in [5, 5.41) is 6.97. The molecule has 0 radical (unpaired) electrons. The average Bonchev–Trinajstić information content (AvgIpc) is 3.58. The van der Waals surface area contributed by atoms with Gasteiger partial charge in [0.15, 0.2) is 0 Å². The molecule has 0 saturated carbocycles. The Bertz CT molecular complexity index is 1770. The molecule has 0 atom stereocenters. The molecule has 2 aliphatic rings. The molecule has 2 saturated heterocycles. The minimum absolute atomic E-state index is 0.0136. The predicted molar refractivity (Wildman–Crippen MR) is 170 cm³/mol. The van der Waals surface area contributed by atoms with Gasteiger partial charge in [0, 0.05) is 68.8 Å². The smallest absolute Gasteiger partial charge is 0.353 e. The van der Waals surface area contributed by atoms with Gasteiger partial charge >= 0.3 is 17.7 Å². The Balaban J connectivity index is 1.26. The van der Waals surface area contributed by atoms with Crippen molar-refractivity contribution < 1.29 is 14.3 Å². The number of aryl methyl sites for hydroxylation is 1. The fourth-order valence-electron chi connectivity index (χ4n) is 5.90. The van der Waals surface area contributed by atoms with Gasteiger partial charge in [0.1, 0.15) is 11.9 Å². The number of anilines is 2. The molecule has 0 aliphatic carbocycles. The van der Waals surface area contributed by atoms with Crippen LogP contribution in [0.4, 0.5) is 16.3 Å². The number of nitrogens with zero attached hydrogens (tertiary/aromatic N) is 8. The Morgan fingerprint density at radius 1 is 0.978 bits per heavy atom. The summed E-state index contributed by atoms with van der Waals surface area (Å²) in [6.07, 6.45) is 5.65. The second-order valence-corrected chi connectivity index (χ2v) is 11.3. The van der Waals surface area contributed by atoms with E-state index < -0.39 is 0 Å². The third kappa shape index (κ3) is 5.78. The second kappa shape index (κ2) is 12.5. The van der Waals surface area contributed by atoms with E-state index >= 15 is 0 Å². The van der Waals surface area contributed by atoms with Crippen LogP contribution in [0, 0.1) is 0 Å². The van der Waals surface area contributed by atoms with Crippen molar-refractivity contribution in [2.45, 2.75) is 32.3 Å². The number of urea groups is 1. The lowest BCUT2D eigenvalue weighted by atomic mass is 10.0. The van der Waals surface area contributed by atoms with E-state index in [1.165, 1.54) is 9.25 Å². The molecule has 13 nitrogen and oxygen atoms in total. The number of hydrogen-bond donors (Lipinski definition) is 1. The molecule has 2 fully saturated rings. The Morgan fingerprint density at radius 3 is 2.47 bits per heavy atom. The maximum atomic E-state index is 13.6. The molecule has 3 aromatic heterocycles. The van der Waals surface area contributed by atoms with E-state index in [4.69, 9.17) is 9.72 Å². The summed E-state index contributed by atoms with van der Waals surface area (Å²) in [6.45, 7) is 4.78. The molecular formula is C32H37N9O4. The largest absolute Gasteiger partial charge is 0.460 e. The van der Waals surface area contributed by atoms with E-state index in [9.17, 15) is 14.4 Å². The van der Waals surface area contributed by atoms with Gasteiger partial charge in [-0.15, -0.1) is 5.10 Å². The van der Waals surface area contributed by atoms with Crippen LogP contribution in [0.25, 0.3) is 16.9 Å². The number of ether oxygens (including phenoxy) is 1. The highest BCUT2D eigenvalue weighted by atomic mass is 16.5. The number of pyridine rings is 2. The Morgan fingerprint density at radius 2 is 1.76 bits per heavy atom. The Labute approximate surface area is 261 Å². The van der Waals surface area contributed by atoms with Gasteiger partial charge in [-0.1, -0.05) is 13.0 Å². The van der Waals surface area contributed by atoms with Crippen molar-refractivity contribution in [3.05, 3.63) is 76.5 Å². The lowest BCUT2D eigenvalue weighted by Crippen LogP contribution is -2.36. The maximum Gasteiger partial charge on any atom is 0.353 e. The van der Waals surface area contributed by atoms with Crippen molar-refractivity contribution in [3.8, 4) is 23.0 Å². The number of benzene rings is 1. The minimum atomic E-state index is -0.314. The summed E-state index contributed by atoms with van der Waals surface area (Å²) in [6, 6.07) is 12.6. The van der Waals surface area contributed by atoms with Gasteiger partial charge in [-0.05, 0) is 62.7 Å². The van der Waals surface area contributed by atoms with Crippen molar-refractivity contribution in [2.75, 3.05) is 50.1 Å². The number of piperidine rings is 1. The fraction of sp³-hybridized carbons (Fsp3) is 0.375. The standard InChI is InChI=1S/C32H37N9O4/c1-5-25-26(11-14-34-28(25)40-18-17-39(32(40)44)22-8-6-7-21(19-22)29(42)33-2)27-10-9-23(20-35-27)41-30(36-38(4)31(41)43)45-24-12-15-37(3)16-13-24/h6-11,14,19-20,24H,5,12-13,15-18H2,1-4H3,(H,33,42). The van der Waals surface area contributed by atoms with Crippen molar-refractivity contribution in [2.24, 2.45) is 7.05 Å². The van der Waals surface area contributed by atoms with Gasteiger partial charge in [0.25, 0.3) is 5.91 Å². The topological polar surface area (TPSA) is 131 Å². The third-order valence-corrected chi connectivity index (χ3v) is 8.41. The first-order valence-electron chi connectivity index (χ1n) is 15.2. The number of carbonyl (C=O) groups is 2. The van der Waals surface area contributed by atoms with Crippen LogP contribution in [0.5, 0.6) is 6.01 Å². The van der Waals surface area contributed by atoms with E-state index in [0.29, 0.717) is 48.0 Å². The van der Waals surface area contributed by atoms with Crippen molar-refractivity contribution in [3.63, 3.8) is 0 Å². The summed E-state index contributed by atoms with van der Waals surface area (Å²) < 4.78 is 8.92. The molecule has 0 spiro atoms. The van der Waals surface area contributed by atoms with Crippen LogP contribution in [0.15, 0.2) is 59.7 Å². The zero-order valence-corrected chi connectivity index (χ0v) is 25.9. The molecule has 45 heavy (non-hydrogen) atoms. The number of likely N-dealkylation sites (tertiary alicyclic amines) is 1. The first-order chi connectivity index (χ1) is 21.8. The highest BCUT2D eigenvalue weighted by Gasteiger charge is 2.33. The summed E-state index contributed by atoms with van der Waals surface area (Å²) in [7, 11) is 5.27. The number of amides is 3. The molecule has 1 N–H and O–H groups in total. The maximum absolute atomic E-state index is 13.6. The molecule has 3 amide bonds. The van der Waals surface area contributed by atoms with Crippen LogP contribution in [-0.2, 0) is 13.5 Å². The van der Waals surface area contributed by atoms with Crippen LogP contribution >= 0.6 is 0 Å². The van der Waals surface area contributed by atoms with Gasteiger partial charge in [-0.2, -0.15) is 0 Å². The fourth-order valence-corrected chi connectivity index (χ4v) is 5.90. The van der Waals surface area contributed by atoms with E-state index in [0.717, 1.165) is 37.1 Å². The van der Waals surface area contributed by atoms with E-state index in [1.807, 2.05) is 31.2 Å². The normalized spacial score (nSPS) is 16.0. The summed E-state index contributed by atoms with van der Waals surface area (Å²) in [4.78, 5) is 53.8. The van der Waals surface area contributed by atoms with Gasteiger partial charge in [0.2, 0.25) is 0 Å². The predicted octanol–water partition coefficient (Wildman–Crippen LogP) is 2.87. The van der Waals surface area contributed by atoms with Gasteiger partial charge < -0.3 is 15.0 Å². The molecule has 6 rings (SSSR count). The van der Waals surface area contributed by atoms with Gasteiger partial charge in [-0.3, -0.25) is 19.6 Å². The number of rotatable bonds is 8. The molecular weight excluding hydrogens is 574 g/mol. The lowest BCUT2D eigenvalue weighted by molar-refractivity contribution is 0.0963. The van der Waals surface area contributed by atoms with Crippen LogP contribution < -0.4 is 25.5 Å². The Hall–Kier alpha value is -5.04. The molecule has 4 aromatic rings. The zero-order chi connectivity index (χ0) is 31.7. The van der Waals surface area contributed by atoms with E-state index in [1.54, 1.807) is 54.5 Å². The first-order valence-corrected chi connectivity index (χ1v) is 15.2. The van der Waals surface area contributed by atoms with Gasteiger partial charge in [0.05, 0.1) is 17.6 Å². The first kappa shape index (κ1) is 30.0. The number of aromatic nitrogens is 5. The number of carbonyl (C=O) groups excluding carboxylic acids is 2. The minimum Gasteiger partial charge on any atom is -0.460 e. The van der Waals surface area contributed by atoms with Crippen LogP contribution in [-0.4, -0.2) is 87.5 Å². The van der Waals surface area contributed by atoms with Gasteiger partial charge in [-0.25, -0.2) is 23.8 Å². The quantitative estimate of drug-likeness (QED) is 0.322. The van der Waals surface area contributed by atoms with Crippen molar-refractivity contribution in [1.82, 2.24) is 34.5 Å². The molecule has 1 aromatic carbocycles. The summed E-state index contributed by atoms with van der Waals surface area (Å²) in [5.41, 5.74) is 3.80. The van der Waals surface area contributed by atoms with E-state index in [-0.39, 0.29) is 29.7 Å². The van der Waals surface area contributed by atoms with E-state index in [2.05, 4.69) is 27.3 Å². The molecule has 13 heteroatoms. The molecule has 0 unspecified atom stereocenters. The van der Waals surface area contributed by atoms with Crippen LogP contribution in [0.2, 0.25) is 0 Å². The molecule has 5 heterocycles. The SMILES string of the molecule is CCc1c(-c2ccc(-n3c(OC4CCN(C)CC4)nn(C)c3=O)cn2)ccnc1N1CCN(c2cccc(C(=O)NC)c2)C1=O. The Kier molecular flexibility index (Phi) is 8.35. The monoisotopic (exact) mass is 611 g/mol. The van der Waals surface area contributed by atoms with Crippen molar-refractivity contribution in [1.29, 1.82) is 0 Å². The second-order valence-electron chi connectivity index (χ2n) is 11.3. The van der Waals surface area contributed by atoms with Crippen LogP contribution in [0.3, 0.4) is 0 Å². The number of nitrogens with one attached hydrogen (secondary N) is 1. The highest BCUT2D eigenvalue weighted by molar-refractivity contribution is 6.07. The molecule has 2 aliphatic heterocycles.